The van der Waals surface area contributed by atoms with Crippen LogP contribution in [0.5, 0.6) is 0 Å². The van der Waals surface area contributed by atoms with Crippen molar-refractivity contribution in [1.82, 2.24) is 20.6 Å². The van der Waals surface area contributed by atoms with Crippen molar-refractivity contribution < 1.29 is 18.7 Å². The van der Waals surface area contributed by atoms with Crippen LogP contribution in [0.15, 0.2) is 59.3 Å². The van der Waals surface area contributed by atoms with Crippen LogP contribution in [0.2, 0.25) is 0 Å². The van der Waals surface area contributed by atoms with E-state index in [-0.39, 0.29) is 15.9 Å². The van der Waals surface area contributed by atoms with Gasteiger partial charge >= 0.3 is 6.09 Å². The molecular formula is C26H26BrFN4O3S. The van der Waals surface area contributed by atoms with Gasteiger partial charge in [-0.15, -0.1) is 11.3 Å². The smallest absolute Gasteiger partial charge is 0.407 e. The van der Waals surface area contributed by atoms with Gasteiger partial charge in [0.05, 0.1) is 15.4 Å². The lowest BCUT2D eigenvalue weighted by molar-refractivity contribution is 0.0519. The standard InChI is InChI=1S/C26H26BrFN4O3S/c1-26(2,3)35-25(34)31-14-16(13-15-7-5-4-6-8-15)32-24(33)22-20(28)19(27)21(36-22)17-9-11-29-23-18(17)10-12-30-23/h4-12,16H,13-14H2,1-3H3,(H,29,30)(H,31,34)(H,32,33). The number of H-pyrrole nitrogens is 1. The fourth-order valence-electron chi connectivity index (χ4n) is 3.71. The second kappa shape index (κ2) is 10.8. The number of rotatable bonds is 7. The van der Waals surface area contributed by atoms with Crippen LogP contribution in [0.4, 0.5) is 9.18 Å². The zero-order valence-electron chi connectivity index (χ0n) is 20.0. The van der Waals surface area contributed by atoms with Crippen molar-refractivity contribution in [2.75, 3.05) is 6.54 Å². The number of ether oxygens (including phenoxy) is 1. The third-order valence-corrected chi connectivity index (χ3v) is 7.46. The molecule has 1 unspecified atom stereocenters. The third-order valence-electron chi connectivity index (χ3n) is 5.26. The number of fused-ring (bicyclic) bond motifs is 1. The lowest BCUT2D eigenvalue weighted by Crippen LogP contribution is -2.46. The van der Waals surface area contributed by atoms with Gasteiger partial charge < -0.3 is 20.4 Å². The predicted molar refractivity (Wildman–Crippen MR) is 143 cm³/mol. The summed E-state index contributed by atoms with van der Waals surface area (Å²) in [7, 11) is 0. The molecule has 0 bridgehead atoms. The average molecular weight is 573 g/mol. The Balaban J connectivity index is 1.56. The summed E-state index contributed by atoms with van der Waals surface area (Å²) < 4.78 is 20.8. The van der Waals surface area contributed by atoms with E-state index in [9.17, 15) is 9.59 Å². The number of carbonyl (C=O) groups is 2. The van der Waals surface area contributed by atoms with Gasteiger partial charge in [-0.3, -0.25) is 4.79 Å². The first kappa shape index (κ1) is 25.8. The molecule has 0 radical (unpaired) electrons. The largest absolute Gasteiger partial charge is 0.444 e. The molecule has 10 heteroatoms. The number of hydrogen-bond acceptors (Lipinski definition) is 5. The molecule has 0 aliphatic rings. The average Bonchev–Trinajstić information content (AvgIpc) is 3.42. The van der Waals surface area contributed by atoms with E-state index in [2.05, 4.69) is 36.5 Å². The highest BCUT2D eigenvalue weighted by atomic mass is 79.9. The number of carbonyl (C=O) groups excluding carboxylic acids is 2. The highest BCUT2D eigenvalue weighted by Crippen LogP contribution is 2.41. The van der Waals surface area contributed by atoms with E-state index >= 15 is 4.39 Å². The van der Waals surface area contributed by atoms with Crippen LogP contribution in [-0.4, -0.2) is 40.2 Å². The Bertz CT molecular complexity index is 1380. The first-order valence-corrected chi connectivity index (χ1v) is 12.9. The molecule has 3 N–H and O–H groups in total. The predicted octanol–water partition coefficient (Wildman–Crippen LogP) is 6.06. The third kappa shape index (κ3) is 6.11. The molecule has 3 heterocycles. The molecular weight excluding hydrogens is 547 g/mol. The molecule has 0 fully saturated rings. The molecule has 36 heavy (non-hydrogen) atoms. The maximum atomic E-state index is 15.3. The number of thiophene rings is 1. The van der Waals surface area contributed by atoms with Crippen LogP contribution in [0.25, 0.3) is 21.5 Å². The van der Waals surface area contributed by atoms with E-state index < -0.39 is 29.5 Å². The molecule has 1 atom stereocenters. The Kier molecular flexibility index (Phi) is 7.75. The minimum atomic E-state index is -0.650. The number of nitrogens with zero attached hydrogens (tertiary/aromatic N) is 1. The molecule has 0 saturated heterocycles. The summed E-state index contributed by atoms with van der Waals surface area (Å²) in [6, 6.07) is 12.7. The van der Waals surface area contributed by atoms with Gasteiger partial charge in [-0.05, 0) is 60.8 Å². The lowest BCUT2D eigenvalue weighted by atomic mass is 10.1. The van der Waals surface area contributed by atoms with Crippen LogP contribution in [0, 0.1) is 5.82 Å². The minimum Gasteiger partial charge on any atom is -0.444 e. The van der Waals surface area contributed by atoms with E-state index in [0.717, 1.165) is 27.8 Å². The van der Waals surface area contributed by atoms with Gasteiger partial charge in [0.1, 0.15) is 16.1 Å². The number of amides is 2. The molecule has 4 rings (SSSR count). The normalized spacial score (nSPS) is 12.4. The summed E-state index contributed by atoms with van der Waals surface area (Å²) in [5, 5.41) is 6.42. The molecule has 0 spiro atoms. The summed E-state index contributed by atoms with van der Waals surface area (Å²) in [5.41, 5.74) is 1.76. The Labute approximate surface area is 220 Å². The van der Waals surface area contributed by atoms with Crippen LogP contribution in [-0.2, 0) is 11.2 Å². The van der Waals surface area contributed by atoms with Crippen molar-refractivity contribution in [3.05, 3.63) is 75.6 Å². The zero-order chi connectivity index (χ0) is 25.9. The Hall–Kier alpha value is -3.24. The topological polar surface area (TPSA) is 96.1 Å². The number of aromatic amines is 1. The summed E-state index contributed by atoms with van der Waals surface area (Å²) >= 11 is 4.39. The van der Waals surface area contributed by atoms with Crippen molar-refractivity contribution >= 4 is 50.3 Å². The Morgan fingerprint density at radius 1 is 1.19 bits per heavy atom. The quantitative estimate of drug-likeness (QED) is 0.251. The fraction of sp³-hybridized carbons (Fsp3) is 0.269. The second-order valence-electron chi connectivity index (χ2n) is 9.23. The van der Waals surface area contributed by atoms with Crippen molar-refractivity contribution in [2.45, 2.75) is 38.8 Å². The molecule has 0 aliphatic carbocycles. The van der Waals surface area contributed by atoms with Crippen LogP contribution in [0.1, 0.15) is 36.0 Å². The highest BCUT2D eigenvalue weighted by molar-refractivity contribution is 9.10. The molecule has 0 aliphatic heterocycles. The number of nitrogens with one attached hydrogen (secondary N) is 3. The van der Waals surface area contributed by atoms with E-state index in [1.807, 2.05) is 36.4 Å². The maximum Gasteiger partial charge on any atom is 0.407 e. The summed E-state index contributed by atoms with van der Waals surface area (Å²) in [6.45, 7) is 5.43. The number of halogens is 2. The number of alkyl carbamates (subject to hydrolysis) is 1. The van der Waals surface area contributed by atoms with Crippen molar-refractivity contribution in [3.63, 3.8) is 0 Å². The van der Waals surface area contributed by atoms with Gasteiger partial charge in [0.25, 0.3) is 5.91 Å². The fourth-order valence-corrected chi connectivity index (χ4v) is 5.51. The van der Waals surface area contributed by atoms with Crippen molar-refractivity contribution in [2.24, 2.45) is 0 Å². The number of benzene rings is 1. The Morgan fingerprint density at radius 3 is 2.67 bits per heavy atom. The van der Waals surface area contributed by atoms with Crippen molar-refractivity contribution in [3.8, 4) is 10.4 Å². The zero-order valence-corrected chi connectivity index (χ0v) is 22.4. The Morgan fingerprint density at radius 2 is 1.94 bits per heavy atom. The van der Waals surface area contributed by atoms with Crippen molar-refractivity contribution in [1.29, 1.82) is 0 Å². The minimum absolute atomic E-state index is 0.0484. The molecule has 7 nitrogen and oxygen atoms in total. The van der Waals surface area contributed by atoms with E-state index in [0.29, 0.717) is 16.9 Å². The van der Waals surface area contributed by atoms with Gasteiger partial charge in [-0.2, -0.15) is 0 Å². The molecule has 0 saturated carbocycles. The molecule has 1 aromatic carbocycles. The first-order valence-electron chi connectivity index (χ1n) is 11.3. The van der Waals surface area contributed by atoms with Gasteiger partial charge in [0, 0.05) is 29.9 Å². The van der Waals surface area contributed by atoms with Gasteiger partial charge in [0.2, 0.25) is 0 Å². The monoisotopic (exact) mass is 572 g/mol. The van der Waals surface area contributed by atoms with Gasteiger partial charge in [-0.1, -0.05) is 30.3 Å². The van der Waals surface area contributed by atoms with Crippen LogP contribution in [0.3, 0.4) is 0 Å². The van der Waals surface area contributed by atoms with E-state index in [4.69, 9.17) is 4.74 Å². The second-order valence-corrected chi connectivity index (χ2v) is 11.0. The van der Waals surface area contributed by atoms with Gasteiger partial charge in [0.15, 0.2) is 5.82 Å². The van der Waals surface area contributed by atoms with Gasteiger partial charge in [-0.25, -0.2) is 14.2 Å². The maximum absolute atomic E-state index is 15.3. The van der Waals surface area contributed by atoms with Crippen LogP contribution >= 0.6 is 27.3 Å². The van der Waals surface area contributed by atoms with E-state index in [1.165, 1.54) is 0 Å². The molecule has 3 aromatic heterocycles. The van der Waals surface area contributed by atoms with E-state index in [1.54, 1.807) is 39.2 Å². The summed E-state index contributed by atoms with van der Waals surface area (Å²) in [6.07, 6.45) is 3.25. The first-order chi connectivity index (χ1) is 17.1. The SMILES string of the molecule is CC(C)(C)OC(=O)NCC(Cc1ccccc1)NC(=O)c1sc(-c2ccnc3[nH]ccc23)c(Br)c1F. The highest BCUT2D eigenvalue weighted by Gasteiger charge is 2.26. The number of pyridine rings is 1. The molecule has 2 amide bonds. The van der Waals surface area contributed by atoms with Crippen LogP contribution < -0.4 is 10.6 Å². The summed E-state index contributed by atoms with van der Waals surface area (Å²) in [5.74, 6) is -1.19. The number of aromatic nitrogens is 2. The lowest BCUT2D eigenvalue weighted by Gasteiger charge is -2.22. The number of hydrogen-bond donors (Lipinski definition) is 3. The molecule has 188 valence electrons. The summed E-state index contributed by atoms with van der Waals surface area (Å²) in [4.78, 5) is 33.3. The molecule has 4 aromatic rings.